The Kier molecular flexibility index (Phi) is 6.78. The number of ether oxygens (including phenoxy) is 1. The second-order valence-corrected chi connectivity index (χ2v) is 5.98. The maximum Gasteiger partial charge on any atom is 0.407 e. The molecule has 2 unspecified atom stereocenters. The van der Waals surface area contributed by atoms with Crippen molar-refractivity contribution < 1.29 is 19.4 Å². The molecule has 1 saturated heterocycles. The van der Waals surface area contributed by atoms with Gasteiger partial charge in [0.15, 0.2) is 0 Å². The van der Waals surface area contributed by atoms with Gasteiger partial charge >= 0.3 is 12.1 Å². The highest BCUT2D eigenvalue weighted by Gasteiger charge is 2.28. The number of nitrogens with zero attached hydrogens (tertiary/aromatic N) is 1. The van der Waals surface area contributed by atoms with Gasteiger partial charge in [0.25, 0.3) is 0 Å². The predicted molar refractivity (Wildman–Crippen MR) is 75.6 cm³/mol. The summed E-state index contributed by atoms with van der Waals surface area (Å²) in [4.78, 5) is 24.3. The topological polar surface area (TPSA) is 78.9 Å². The Hall–Kier alpha value is -1.30. The fraction of sp³-hybridized carbons (Fsp3) is 0.857. The molecule has 0 radical (unpaired) electrons. The number of methoxy groups -OCH3 is 1. The molecule has 6 heteroatoms. The fourth-order valence-electron chi connectivity index (χ4n) is 2.84. The molecule has 1 aliphatic rings. The van der Waals surface area contributed by atoms with Crippen molar-refractivity contribution in [2.24, 2.45) is 11.8 Å². The normalized spacial score (nSPS) is 23.6. The zero-order valence-electron chi connectivity index (χ0n) is 12.6. The highest BCUT2D eigenvalue weighted by atomic mass is 16.5. The van der Waals surface area contributed by atoms with Crippen molar-refractivity contribution in [3.8, 4) is 0 Å². The highest BCUT2D eigenvalue weighted by Crippen LogP contribution is 2.22. The summed E-state index contributed by atoms with van der Waals surface area (Å²) in [5.41, 5.74) is 0. The number of amides is 1. The number of carboxylic acid groups (broad SMARTS) is 1. The van der Waals surface area contributed by atoms with Gasteiger partial charge in [-0.25, -0.2) is 4.79 Å². The first-order chi connectivity index (χ1) is 9.40. The number of rotatable bonds is 6. The van der Waals surface area contributed by atoms with Gasteiger partial charge in [-0.05, 0) is 24.7 Å². The molecule has 116 valence electrons. The van der Waals surface area contributed by atoms with E-state index < -0.39 is 12.1 Å². The number of carbonyl (C=O) groups excluding carboxylic acids is 1. The zero-order chi connectivity index (χ0) is 15.1. The van der Waals surface area contributed by atoms with Crippen LogP contribution in [0.15, 0.2) is 0 Å². The van der Waals surface area contributed by atoms with Crippen molar-refractivity contribution in [3.63, 3.8) is 0 Å². The third kappa shape index (κ3) is 6.23. The van der Waals surface area contributed by atoms with Crippen LogP contribution in [0, 0.1) is 11.8 Å². The molecule has 0 bridgehead atoms. The molecule has 1 amide bonds. The summed E-state index contributed by atoms with van der Waals surface area (Å²) >= 11 is 0. The monoisotopic (exact) mass is 286 g/mol. The molecule has 20 heavy (non-hydrogen) atoms. The van der Waals surface area contributed by atoms with Crippen molar-refractivity contribution >= 4 is 12.1 Å². The lowest BCUT2D eigenvalue weighted by Gasteiger charge is -2.38. The summed E-state index contributed by atoms with van der Waals surface area (Å²) in [5.74, 6) is 0.0937. The SMILES string of the molecule is COC(=O)NC1CC(CCC(=O)O)CN(CC(C)C)C1. The minimum absolute atomic E-state index is 0.0359. The number of hydrogen-bond donors (Lipinski definition) is 2. The van der Waals surface area contributed by atoms with Crippen molar-refractivity contribution in [1.29, 1.82) is 0 Å². The van der Waals surface area contributed by atoms with E-state index in [0.29, 0.717) is 18.3 Å². The van der Waals surface area contributed by atoms with Crippen LogP contribution >= 0.6 is 0 Å². The maximum absolute atomic E-state index is 11.3. The van der Waals surface area contributed by atoms with Gasteiger partial charge in [-0.15, -0.1) is 0 Å². The van der Waals surface area contributed by atoms with E-state index in [4.69, 9.17) is 5.11 Å². The summed E-state index contributed by atoms with van der Waals surface area (Å²) in [6.07, 6.45) is 1.24. The first-order valence-corrected chi connectivity index (χ1v) is 7.19. The second-order valence-electron chi connectivity index (χ2n) is 5.98. The average Bonchev–Trinajstić information content (AvgIpc) is 2.35. The minimum atomic E-state index is -0.761. The molecular weight excluding hydrogens is 260 g/mol. The molecule has 2 atom stereocenters. The molecule has 1 rings (SSSR count). The summed E-state index contributed by atoms with van der Waals surface area (Å²) in [5, 5.41) is 11.6. The maximum atomic E-state index is 11.3. The second kappa shape index (κ2) is 8.09. The number of likely N-dealkylation sites (tertiary alicyclic amines) is 1. The van der Waals surface area contributed by atoms with Crippen LogP contribution in [-0.4, -0.2) is 54.9 Å². The lowest BCUT2D eigenvalue weighted by Crippen LogP contribution is -2.51. The lowest BCUT2D eigenvalue weighted by atomic mass is 9.90. The Morgan fingerprint density at radius 2 is 2.10 bits per heavy atom. The van der Waals surface area contributed by atoms with Crippen LogP contribution in [0.3, 0.4) is 0 Å². The number of hydrogen-bond acceptors (Lipinski definition) is 4. The van der Waals surface area contributed by atoms with Crippen LogP contribution in [-0.2, 0) is 9.53 Å². The molecular formula is C14H26N2O4. The highest BCUT2D eigenvalue weighted by molar-refractivity contribution is 5.67. The number of carbonyl (C=O) groups is 2. The molecule has 0 aromatic heterocycles. The van der Waals surface area contributed by atoms with Crippen LogP contribution in [0.5, 0.6) is 0 Å². The summed E-state index contributed by atoms with van der Waals surface area (Å²) in [7, 11) is 1.35. The average molecular weight is 286 g/mol. The minimum Gasteiger partial charge on any atom is -0.481 e. The van der Waals surface area contributed by atoms with E-state index in [9.17, 15) is 9.59 Å². The lowest BCUT2D eigenvalue weighted by molar-refractivity contribution is -0.137. The Balaban J connectivity index is 2.56. The van der Waals surface area contributed by atoms with E-state index in [-0.39, 0.29) is 12.5 Å². The molecule has 0 aromatic carbocycles. The van der Waals surface area contributed by atoms with Gasteiger partial charge in [-0.1, -0.05) is 13.8 Å². The van der Waals surface area contributed by atoms with E-state index in [0.717, 1.165) is 26.1 Å². The van der Waals surface area contributed by atoms with E-state index in [1.807, 2.05) is 0 Å². The summed E-state index contributed by atoms with van der Waals surface area (Å²) < 4.78 is 4.64. The van der Waals surface area contributed by atoms with E-state index in [2.05, 4.69) is 28.8 Å². The van der Waals surface area contributed by atoms with Gasteiger partial charge in [0, 0.05) is 32.1 Å². The predicted octanol–water partition coefficient (Wildman–Crippen LogP) is 1.55. The summed E-state index contributed by atoms with van der Waals surface area (Å²) in [6.45, 7) is 6.98. The number of piperidine rings is 1. The van der Waals surface area contributed by atoms with Crippen molar-refractivity contribution in [2.45, 2.75) is 39.2 Å². The first kappa shape index (κ1) is 16.8. The van der Waals surface area contributed by atoms with Gasteiger partial charge < -0.3 is 20.1 Å². The largest absolute Gasteiger partial charge is 0.481 e. The molecule has 0 spiro atoms. The van der Waals surface area contributed by atoms with Crippen LogP contribution < -0.4 is 5.32 Å². The number of alkyl carbamates (subject to hydrolysis) is 1. The van der Waals surface area contributed by atoms with Crippen LogP contribution in [0.4, 0.5) is 4.79 Å². The molecule has 1 fully saturated rings. The molecule has 1 aliphatic heterocycles. The number of nitrogens with one attached hydrogen (secondary N) is 1. The Morgan fingerprint density at radius 3 is 2.65 bits per heavy atom. The molecule has 0 saturated carbocycles. The van der Waals surface area contributed by atoms with E-state index in [1.54, 1.807) is 0 Å². The van der Waals surface area contributed by atoms with Crippen molar-refractivity contribution in [3.05, 3.63) is 0 Å². The standard InChI is InChI=1S/C14H26N2O4/c1-10(2)7-16-8-11(4-5-13(17)18)6-12(9-16)15-14(19)20-3/h10-12H,4-9H2,1-3H3,(H,15,19)(H,17,18). The van der Waals surface area contributed by atoms with Crippen molar-refractivity contribution in [1.82, 2.24) is 10.2 Å². The quantitative estimate of drug-likeness (QED) is 0.774. The van der Waals surface area contributed by atoms with Gasteiger partial charge in [0.2, 0.25) is 0 Å². The number of aliphatic carboxylic acids is 1. The Bertz CT molecular complexity index is 333. The fourth-order valence-corrected chi connectivity index (χ4v) is 2.84. The third-order valence-electron chi connectivity index (χ3n) is 3.51. The van der Waals surface area contributed by atoms with Gasteiger partial charge in [-0.3, -0.25) is 4.79 Å². The smallest absolute Gasteiger partial charge is 0.407 e. The molecule has 1 heterocycles. The third-order valence-corrected chi connectivity index (χ3v) is 3.51. The Morgan fingerprint density at radius 1 is 1.40 bits per heavy atom. The van der Waals surface area contributed by atoms with Gasteiger partial charge in [0.1, 0.15) is 0 Å². The first-order valence-electron chi connectivity index (χ1n) is 7.19. The van der Waals surface area contributed by atoms with Gasteiger partial charge in [-0.2, -0.15) is 0 Å². The number of carboxylic acids is 1. The molecule has 6 nitrogen and oxygen atoms in total. The molecule has 0 aliphatic carbocycles. The van der Waals surface area contributed by atoms with Crippen molar-refractivity contribution in [2.75, 3.05) is 26.7 Å². The van der Waals surface area contributed by atoms with Crippen LogP contribution in [0.25, 0.3) is 0 Å². The van der Waals surface area contributed by atoms with Gasteiger partial charge in [0.05, 0.1) is 7.11 Å². The van der Waals surface area contributed by atoms with Crippen LogP contribution in [0.2, 0.25) is 0 Å². The summed E-state index contributed by atoms with van der Waals surface area (Å²) in [6, 6.07) is 0.0359. The van der Waals surface area contributed by atoms with E-state index in [1.165, 1.54) is 7.11 Å². The molecule has 0 aromatic rings. The van der Waals surface area contributed by atoms with Crippen LogP contribution in [0.1, 0.15) is 33.1 Å². The Labute approximate surface area is 120 Å². The van der Waals surface area contributed by atoms with E-state index >= 15 is 0 Å². The zero-order valence-corrected chi connectivity index (χ0v) is 12.6. The molecule has 2 N–H and O–H groups in total.